The molecule has 30 heavy (non-hydrogen) atoms. The van der Waals surface area contributed by atoms with E-state index in [1.54, 1.807) is 32.7 Å². The van der Waals surface area contributed by atoms with E-state index in [4.69, 9.17) is 9.47 Å². The lowest BCUT2D eigenvalue weighted by atomic mass is 10.1. The van der Waals surface area contributed by atoms with Crippen molar-refractivity contribution in [1.82, 2.24) is 15.0 Å². The van der Waals surface area contributed by atoms with Gasteiger partial charge in [0.05, 0.1) is 38.2 Å². The molecule has 1 aromatic carbocycles. The van der Waals surface area contributed by atoms with Crippen LogP contribution >= 0.6 is 0 Å². The lowest BCUT2D eigenvalue weighted by Crippen LogP contribution is -2.30. The molecule has 0 aliphatic rings. The monoisotopic (exact) mass is 409 g/mol. The SMILES string of the molecule is COc1ccc(Nc2cc(-c3cccnc3)nc(N[C@H](CO)C(C)C)n2)c(OC)c1. The summed E-state index contributed by atoms with van der Waals surface area (Å²) < 4.78 is 10.7. The van der Waals surface area contributed by atoms with Gasteiger partial charge in [0.25, 0.3) is 0 Å². The molecule has 0 radical (unpaired) electrons. The maximum absolute atomic E-state index is 9.69. The zero-order valence-corrected chi connectivity index (χ0v) is 17.6. The summed E-state index contributed by atoms with van der Waals surface area (Å²) in [5.41, 5.74) is 2.30. The van der Waals surface area contributed by atoms with Gasteiger partial charge in [0.1, 0.15) is 17.3 Å². The topological polar surface area (TPSA) is 101 Å². The summed E-state index contributed by atoms with van der Waals surface area (Å²) in [6.45, 7) is 4.04. The Morgan fingerprint density at radius 1 is 1.07 bits per heavy atom. The predicted octanol–water partition coefficient (Wildman–Crippen LogP) is 3.73. The molecule has 0 bridgehead atoms. The molecule has 158 valence electrons. The molecule has 1 atom stereocenters. The van der Waals surface area contributed by atoms with Crippen LogP contribution in [0.1, 0.15) is 13.8 Å². The van der Waals surface area contributed by atoms with E-state index < -0.39 is 0 Å². The first-order valence-electron chi connectivity index (χ1n) is 9.70. The van der Waals surface area contributed by atoms with Gasteiger partial charge < -0.3 is 25.2 Å². The van der Waals surface area contributed by atoms with Crippen LogP contribution in [0.25, 0.3) is 11.3 Å². The minimum absolute atomic E-state index is 0.0206. The molecular weight excluding hydrogens is 382 g/mol. The minimum atomic E-state index is -0.169. The molecule has 0 spiro atoms. The molecule has 3 aromatic rings. The summed E-state index contributed by atoms with van der Waals surface area (Å²) in [5.74, 6) is 2.52. The standard InChI is InChI=1S/C22H27N5O3/c1-14(2)19(13-28)26-22-25-18(15-6-5-9-23-12-15)11-21(27-22)24-17-8-7-16(29-3)10-20(17)30-4/h5-12,14,19,28H,13H2,1-4H3,(H2,24,25,26,27)/t19-/m1/s1. The fraction of sp³-hybridized carbons (Fsp3) is 0.318. The first-order chi connectivity index (χ1) is 14.5. The molecule has 8 heteroatoms. The number of methoxy groups -OCH3 is 2. The quantitative estimate of drug-likeness (QED) is 0.491. The van der Waals surface area contributed by atoms with Crippen molar-refractivity contribution >= 4 is 17.5 Å². The highest BCUT2D eigenvalue weighted by atomic mass is 16.5. The van der Waals surface area contributed by atoms with E-state index in [1.165, 1.54) is 0 Å². The third kappa shape index (κ3) is 5.15. The van der Waals surface area contributed by atoms with Crippen LogP contribution in [0.3, 0.4) is 0 Å². The number of hydrogen-bond acceptors (Lipinski definition) is 8. The van der Waals surface area contributed by atoms with Crippen molar-refractivity contribution in [2.45, 2.75) is 19.9 Å². The van der Waals surface area contributed by atoms with Gasteiger partial charge in [0.15, 0.2) is 0 Å². The van der Waals surface area contributed by atoms with Crippen molar-refractivity contribution in [3.8, 4) is 22.8 Å². The first-order valence-corrected chi connectivity index (χ1v) is 9.70. The Morgan fingerprint density at radius 3 is 2.53 bits per heavy atom. The number of aliphatic hydroxyl groups is 1. The zero-order valence-electron chi connectivity index (χ0n) is 17.6. The summed E-state index contributed by atoms with van der Waals surface area (Å²) in [4.78, 5) is 13.4. The third-order valence-electron chi connectivity index (χ3n) is 4.67. The highest BCUT2D eigenvalue weighted by Crippen LogP contribution is 2.32. The number of aromatic nitrogens is 3. The number of hydrogen-bond donors (Lipinski definition) is 3. The van der Waals surface area contributed by atoms with E-state index in [2.05, 4.69) is 25.6 Å². The molecule has 8 nitrogen and oxygen atoms in total. The Bertz CT molecular complexity index is 966. The molecule has 0 aliphatic heterocycles. The highest BCUT2D eigenvalue weighted by molar-refractivity contribution is 5.70. The van der Waals surface area contributed by atoms with Crippen LogP contribution < -0.4 is 20.1 Å². The molecule has 0 aliphatic carbocycles. The maximum atomic E-state index is 9.69. The molecule has 0 amide bonds. The minimum Gasteiger partial charge on any atom is -0.497 e. The van der Waals surface area contributed by atoms with Gasteiger partial charge in [-0.15, -0.1) is 0 Å². The van der Waals surface area contributed by atoms with Crippen molar-refractivity contribution < 1.29 is 14.6 Å². The number of nitrogens with one attached hydrogen (secondary N) is 2. The smallest absolute Gasteiger partial charge is 0.225 e. The van der Waals surface area contributed by atoms with Gasteiger partial charge in [0, 0.05) is 30.1 Å². The van der Waals surface area contributed by atoms with E-state index in [0.29, 0.717) is 29.0 Å². The average molecular weight is 409 g/mol. The van der Waals surface area contributed by atoms with Crippen molar-refractivity contribution in [2.24, 2.45) is 5.92 Å². The van der Waals surface area contributed by atoms with Crippen molar-refractivity contribution in [1.29, 1.82) is 0 Å². The number of pyridine rings is 1. The number of ether oxygens (including phenoxy) is 2. The van der Waals surface area contributed by atoms with Crippen LogP contribution in [-0.4, -0.2) is 46.9 Å². The number of benzene rings is 1. The second kappa shape index (κ2) is 9.89. The van der Waals surface area contributed by atoms with Crippen LogP contribution in [0.2, 0.25) is 0 Å². The Morgan fingerprint density at radius 2 is 1.90 bits per heavy atom. The van der Waals surface area contributed by atoms with E-state index in [-0.39, 0.29) is 18.6 Å². The maximum Gasteiger partial charge on any atom is 0.225 e. The Hall–Kier alpha value is -3.39. The van der Waals surface area contributed by atoms with Gasteiger partial charge in [-0.25, -0.2) is 4.98 Å². The molecule has 2 aromatic heterocycles. The third-order valence-corrected chi connectivity index (χ3v) is 4.67. The van der Waals surface area contributed by atoms with E-state index in [9.17, 15) is 5.11 Å². The highest BCUT2D eigenvalue weighted by Gasteiger charge is 2.16. The molecule has 0 unspecified atom stereocenters. The normalized spacial score (nSPS) is 11.8. The first kappa shape index (κ1) is 21.3. The fourth-order valence-electron chi connectivity index (χ4n) is 2.87. The largest absolute Gasteiger partial charge is 0.497 e. The summed E-state index contributed by atoms with van der Waals surface area (Å²) in [6, 6.07) is 11.0. The van der Waals surface area contributed by atoms with Crippen molar-refractivity contribution in [2.75, 3.05) is 31.5 Å². The average Bonchev–Trinajstić information content (AvgIpc) is 2.78. The fourth-order valence-corrected chi connectivity index (χ4v) is 2.87. The molecule has 0 saturated carbocycles. The van der Waals surface area contributed by atoms with Gasteiger partial charge in [-0.3, -0.25) is 4.98 Å². The lowest BCUT2D eigenvalue weighted by Gasteiger charge is -2.21. The second-order valence-electron chi connectivity index (χ2n) is 7.07. The van der Waals surface area contributed by atoms with Crippen LogP contribution in [0.5, 0.6) is 11.5 Å². The number of rotatable bonds is 9. The van der Waals surface area contributed by atoms with Crippen LogP contribution in [0.15, 0.2) is 48.8 Å². The molecule has 0 saturated heterocycles. The lowest BCUT2D eigenvalue weighted by molar-refractivity contribution is 0.248. The number of anilines is 3. The zero-order chi connectivity index (χ0) is 21.5. The van der Waals surface area contributed by atoms with Gasteiger partial charge in [-0.1, -0.05) is 13.8 Å². The predicted molar refractivity (Wildman–Crippen MR) is 117 cm³/mol. The van der Waals surface area contributed by atoms with E-state index >= 15 is 0 Å². The summed E-state index contributed by atoms with van der Waals surface area (Å²) in [5, 5.41) is 16.2. The number of nitrogens with zero attached hydrogens (tertiary/aromatic N) is 3. The van der Waals surface area contributed by atoms with Gasteiger partial charge >= 0.3 is 0 Å². The Kier molecular flexibility index (Phi) is 7.03. The second-order valence-corrected chi connectivity index (χ2v) is 7.07. The van der Waals surface area contributed by atoms with Crippen LogP contribution in [-0.2, 0) is 0 Å². The van der Waals surface area contributed by atoms with Gasteiger partial charge in [0.2, 0.25) is 5.95 Å². The van der Waals surface area contributed by atoms with Crippen molar-refractivity contribution in [3.05, 3.63) is 48.8 Å². The van der Waals surface area contributed by atoms with E-state index in [0.717, 1.165) is 11.3 Å². The summed E-state index contributed by atoms with van der Waals surface area (Å²) in [6.07, 6.45) is 3.46. The summed E-state index contributed by atoms with van der Waals surface area (Å²) >= 11 is 0. The molecule has 2 heterocycles. The van der Waals surface area contributed by atoms with Crippen LogP contribution in [0, 0.1) is 5.92 Å². The van der Waals surface area contributed by atoms with Gasteiger partial charge in [-0.05, 0) is 30.2 Å². The Balaban J connectivity index is 2.00. The molecular formula is C22H27N5O3. The van der Waals surface area contributed by atoms with E-state index in [1.807, 2.05) is 44.2 Å². The molecule has 3 rings (SSSR count). The summed E-state index contributed by atoms with van der Waals surface area (Å²) in [7, 11) is 3.21. The van der Waals surface area contributed by atoms with Crippen molar-refractivity contribution in [3.63, 3.8) is 0 Å². The Labute approximate surface area is 176 Å². The van der Waals surface area contributed by atoms with Gasteiger partial charge in [-0.2, -0.15) is 4.98 Å². The number of aliphatic hydroxyl groups excluding tert-OH is 1. The molecule has 3 N–H and O–H groups in total. The van der Waals surface area contributed by atoms with Crippen LogP contribution in [0.4, 0.5) is 17.5 Å². The molecule has 0 fully saturated rings.